The summed E-state index contributed by atoms with van der Waals surface area (Å²) < 4.78 is 5.22. The summed E-state index contributed by atoms with van der Waals surface area (Å²) in [5, 5.41) is 6.60. The number of rotatable bonds is 5. The van der Waals surface area contributed by atoms with Crippen molar-refractivity contribution in [2.45, 2.75) is 45.2 Å². The third kappa shape index (κ3) is 3.76. The molecule has 3 atom stereocenters. The van der Waals surface area contributed by atoms with E-state index >= 15 is 0 Å². The molecule has 0 saturated carbocycles. The number of benzene rings is 1. The lowest BCUT2D eigenvalue weighted by Gasteiger charge is -2.32. The molecule has 0 radical (unpaired) electrons. The van der Waals surface area contributed by atoms with Crippen molar-refractivity contribution < 1.29 is 9.53 Å². The predicted molar refractivity (Wildman–Crippen MR) is 85.5 cm³/mol. The quantitative estimate of drug-likeness (QED) is 0.876. The van der Waals surface area contributed by atoms with E-state index in [2.05, 4.69) is 31.4 Å². The molecule has 1 aliphatic heterocycles. The molecule has 21 heavy (non-hydrogen) atoms. The maximum Gasteiger partial charge on any atom is 0.228 e. The monoisotopic (exact) mass is 290 g/mol. The Balaban J connectivity index is 2.15. The van der Waals surface area contributed by atoms with Gasteiger partial charge in [-0.2, -0.15) is 0 Å². The number of fused-ring (bicyclic) bond motifs is 1. The van der Waals surface area contributed by atoms with Crippen molar-refractivity contribution in [2.75, 3.05) is 19.0 Å². The second-order valence-corrected chi connectivity index (χ2v) is 6.24. The van der Waals surface area contributed by atoms with Crippen molar-refractivity contribution >= 4 is 11.6 Å². The van der Waals surface area contributed by atoms with Crippen LogP contribution in [0, 0.1) is 5.92 Å². The molecule has 1 heterocycles. The standard InChI is InChI=1S/C17H26N2O2/c1-11(2)16(10-21-4)19-17(20)14-9-12(3)18-15-8-6-5-7-13(14)15/h5-8,11-12,14,16,18H,9-10H2,1-4H3,(H,19,20). The normalized spacial score (nSPS) is 22.3. The van der Waals surface area contributed by atoms with Crippen LogP contribution in [0.3, 0.4) is 0 Å². The summed E-state index contributed by atoms with van der Waals surface area (Å²) in [5.74, 6) is 0.366. The predicted octanol–water partition coefficient (Wildman–Crippen LogP) is 2.76. The van der Waals surface area contributed by atoms with Gasteiger partial charge < -0.3 is 15.4 Å². The molecule has 1 amide bonds. The summed E-state index contributed by atoms with van der Waals surface area (Å²) >= 11 is 0. The molecule has 1 aromatic rings. The zero-order valence-corrected chi connectivity index (χ0v) is 13.3. The summed E-state index contributed by atoms with van der Waals surface area (Å²) in [7, 11) is 1.67. The van der Waals surface area contributed by atoms with Gasteiger partial charge in [0, 0.05) is 18.8 Å². The molecule has 2 N–H and O–H groups in total. The van der Waals surface area contributed by atoms with Crippen LogP contribution in [-0.4, -0.2) is 31.7 Å². The van der Waals surface area contributed by atoms with Gasteiger partial charge in [-0.3, -0.25) is 4.79 Å². The molecular formula is C17H26N2O2. The highest BCUT2D eigenvalue weighted by atomic mass is 16.5. The lowest BCUT2D eigenvalue weighted by atomic mass is 9.86. The number of nitrogens with one attached hydrogen (secondary N) is 2. The molecular weight excluding hydrogens is 264 g/mol. The molecule has 0 aliphatic carbocycles. The minimum Gasteiger partial charge on any atom is -0.383 e. The number of methoxy groups -OCH3 is 1. The average Bonchev–Trinajstić information content (AvgIpc) is 2.45. The third-order valence-corrected chi connectivity index (χ3v) is 4.12. The van der Waals surface area contributed by atoms with E-state index in [0.29, 0.717) is 18.6 Å². The molecule has 0 spiro atoms. The lowest BCUT2D eigenvalue weighted by molar-refractivity contribution is -0.124. The molecule has 0 aromatic heterocycles. The molecule has 0 bridgehead atoms. The van der Waals surface area contributed by atoms with Gasteiger partial charge in [-0.15, -0.1) is 0 Å². The highest BCUT2D eigenvalue weighted by Crippen LogP contribution is 2.34. The number of amides is 1. The number of carbonyl (C=O) groups is 1. The molecule has 3 unspecified atom stereocenters. The Morgan fingerprint density at radius 3 is 2.81 bits per heavy atom. The lowest BCUT2D eigenvalue weighted by Crippen LogP contribution is -2.45. The topological polar surface area (TPSA) is 50.4 Å². The van der Waals surface area contributed by atoms with Crippen LogP contribution in [0.1, 0.15) is 38.7 Å². The summed E-state index contributed by atoms with van der Waals surface area (Å²) in [6.45, 7) is 6.86. The number of anilines is 1. The van der Waals surface area contributed by atoms with Gasteiger partial charge in [0.05, 0.1) is 18.6 Å². The van der Waals surface area contributed by atoms with Gasteiger partial charge in [-0.25, -0.2) is 0 Å². The molecule has 1 aliphatic rings. The van der Waals surface area contributed by atoms with Crippen LogP contribution in [0.4, 0.5) is 5.69 Å². The van der Waals surface area contributed by atoms with Gasteiger partial charge in [0.2, 0.25) is 5.91 Å². The minimum absolute atomic E-state index is 0.0554. The second-order valence-electron chi connectivity index (χ2n) is 6.24. The van der Waals surface area contributed by atoms with Crippen LogP contribution in [0.15, 0.2) is 24.3 Å². The maximum atomic E-state index is 12.7. The smallest absolute Gasteiger partial charge is 0.228 e. The third-order valence-electron chi connectivity index (χ3n) is 4.12. The zero-order valence-electron chi connectivity index (χ0n) is 13.3. The van der Waals surface area contributed by atoms with E-state index in [4.69, 9.17) is 4.74 Å². The number of para-hydroxylation sites is 1. The first-order valence-electron chi connectivity index (χ1n) is 7.67. The van der Waals surface area contributed by atoms with Gasteiger partial charge in [-0.1, -0.05) is 32.0 Å². The highest BCUT2D eigenvalue weighted by Gasteiger charge is 2.31. The van der Waals surface area contributed by atoms with Crippen LogP contribution in [0.25, 0.3) is 0 Å². The van der Waals surface area contributed by atoms with E-state index < -0.39 is 0 Å². The highest BCUT2D eigenvalue weighted by molar-refractivity contribution is 5.86. The summed E-state index contributed by atoms with van der Waals surface area (Å²) in [6, 6.07) is 8.43. The van der Waals surface area contributed by atoms with E-state index in [1.165, 1.54) is 0 Å². The minimum atomic E-state index is -0.0874. The van der Waals surface area contributed by atoms with E-state index in [9.17, 15) is 4.79 Å². The van der Waals surface area contributed by atoms with Crippen molar-refractivity contribution in [3.63, 3.8) is 0 Å². The van der Waals surface area contributed by atoms with Crippen molar-refractivity contribution in [1.29, 1.82) is 0 Å². The summed E-state index contributed by atoms with van der Waals surface area (Å²) in [4.78, 5) is 12.7. The van der Waals surface area contributed by atoms with Crippen LogP contribution >= 0.6 is 0 Å². The van der Waals surface area contributed by atoms with Crippen molar-refractivity contribution in [2.24, 2.45) is 5.92 Å². The first-order chi connectivity index (χ1) is 10.0. The van der Waals surface area contributed by atoms with E-state index in [-0.39, 0.29) is 17.9 Å². The fourth-order valence-electron chi connectivity index (χ4n) is 2.85. The number of hydrogen-bond acceptors (Lipinski definition) is 3. The Kier molecular flexibility index (Phi) is 5.23. The maximum absolute atomic E-state index is 12.7. The Bertz CT molecular complexity index is 487. The second kappa shape index (κ2) is 6.94. The zero-order chi connectivity index (χ0) is 15.4. The first-order valence-corrected chi connectivity index (χ1v) is 7.67. The molecule has 2 rings (SSSR count). The average molecular weight is 290 g/mol. The van der Waals surface area contributed by atoms with Gasteiger partial charge in [0.1, 0.15) is 0 Å². The Morgan fingerprint density at radius 1 is 1.43 bits per heavy atom. The van der Waals surface area contributed by atoms with Crippen molar-refractivity contribution in [3.05, 3.63) is 29.8 Å². The fourth-order valence-corrected chi connectivity index (χ4v) is 2.85. The Hall–Kier alpha value is -1.55. The van der Waals surface area contributed by atoms with Crippen molar-refractivity contribution in [3.8, 4) is 0 Å². The van der Waals surface area contributed by atoms with Gasteiger partial charge >= 0.3 is 0 Å². The molecule has 4 nitrogen and oxygen atoms in total. The van der Waals surface area contributed by atoms with Gasteiger partial charge in [-0.05, 0) is 30.9 Å². The Labute approximate surface area is 127 Å². The van der Waals surface area contributed by atoms with Crippen LogP contribution in [0.2, 0.25) is 0 Å². The van der Waals surface area contributed by atoms with Gasteiger partial charge in [0.15, 0.2) is 0 Å². The van der Waals surface area contributed by atoms with E-state index in [1.54, 1.807) is 7.11 Å². The molecule has 4 heteroatoms. The fraction of sp³-hybridized carbons (Fsp3) is 0.588. The van der Waals surface area contributed by atoms with E-state index in [1.807, 2.05) is 24.3 Å². The molecule has 116 valence electrons. The number of ether oxygens (including phenoxy) is 1. The molecule has 1 aromatic carbocycles. The molecule has 0 saturated heterocycles. The SMILES string of the molecule is COCC(NC(=O)C1CC(C)Nc2ccccc21)C(C)C. The van der Waals surface area contributed by atoms with Crippen LogP contribution in [-0.2, 0) is 9.53 Å². The van der Waals surface area contributed by atoms with Gasteiger partial charge in [0.25, 0.3) is 0 Å². The first kappa shape index (κ1) is 15.8. The summed E-state index contributed by atoms with van der Waals surface area (Å²) in [6.07, 6.45) is 0.820. The molecule has 0 fully saturated rings. The summed E-state index contributed by atoms with van der Waals surface area (Å²) in [5.41, 5.74) is 2.16. The van der Waals surface area contributed by atoms with Crippen LogP contribution < -0.4 is 10.6 Å². The van der Waals surface area contributed by atoms with Crippen molar-refractivity contribution in [1.82, 2.24) is 5.32 Å². The Morgan fingerprint density at radius 2 is 2.14 bits per heavy atom. The number of carbonyl (C=O) groups excluding carboxylic acids is 1. The van der Waals surface area contributed by atoms with Crippen LogP contribution in [0.5, 0.6) is 0 Å². The number of hydrogen-bond donors (Lipinski definition) is 2. The largest absolute Gasteiger partial charge is 0.383 e. The van der Waals surface area contributed by atoms with E-state index in [0.717, 1.165) is 17.7 Å².